The van der Waals surface area contributed by atoms with Gasteiger partial charge in [0.25, 0.3) is 0 Å². The third-order valence-electron chi connectivity index (χ3n) is 2.54. The second kappa shape index (κ2) is 5.23. The summed E-state index contributed by atoms with van der Waals surface area (Å²) in [6.45, 7) is 5.04. The van der Waals surface area contributed by atoms with Gasteiger partial charge in [-0.2, -0.15) is 0 Å². The predicted octanol–water partition coefficient (Wildman–Crippen LogP) is 2.69. The molecule has 4 nitrogen and oxygen atoms in total. The number of hydrogen-bond donors (Lipinski definition) is 0. The zero-order valence-electron chi connectivity index (χ0n) is 10.3. The van der Waals surface area contributed by atoms with E-state index < -0.39 is 0 Å². The molecule has 0 spiro atoms. The first-order valence-electron chi connectivity index (χ1n) is 5.57. The highest BCUT2D eigenvalue weighted by Gasteiger charge is 2.08. The van der Waals surface area contributed by atoms with Gasteiger partial charge in [-0.05, 0) is 5.92 Å². The number of anilines is 1. The Morgan fingerprint density at radius 1 is 1.29 bits per heavy atom. The number of thiazole rings is 1. The molecule has 2 aromatic heterocycles. The summed E-state index contributed by atoms with van der Waals surface area (Å²) >= 11 is 1.61. The van der Waals surface area contributed by atoms with Crippen LogP contribution in [0.1, 0.15) is 31.2 Å². The van der Waals surface area contributed by atoms with E-state index in [1.165, 1.54) is 0 Å². The van der Waals surface area contributed by atoms with Crippen molar-refractivity contribution in [2.75, 3.05) is 11.9 Å². The van der Waals surface area contributed by atoms with Crippen molar-refractivity contribution < 1.29 is 0 Å². The summed E-state index contributed by atoms with van der Waals surface area (Å²) in [5.74, 6) is 1.36. The Balaban J connectivity index is 2.13. The molecule has 2 heterocycles. The van der Waals surface area contributed by atoms with Gasteiger partial charge in [0, 0.05) is 24.2 Å². The second-order valence-corrected chi connectivity index (χ2v) is 5.01. The van der Waals surface area contributed by atoms with E-state index in [4.69, 9.17) is 0 Å². The lowest BCUT2D eigenvalue weighted by atomic mass is 10.1. The van der Waals surface area contributed by atoms with E-state index in [0.29, 0.717) is 5.92 Å². The van der Waals surface area contributed by atoms with Crippen molar-refractivity contribution in [2.45, 2.75) is 26.3 Å². The Bertz CT molecular complexity index is 467. The second-order valence-electron chi connectivity index (χ2n) is 4.29. The lowest BCUT2D eigenvalue weighted by Gasteiger charge is -2.17. The number of rotatable bonds is 4. The molecule has 0 aliphatic rings. The maximum absolute atomic E-state index is 4.29. The molecule has 0 aliphatic heterocycles. The summed E-state index contributed by atoms with van der Waals surface area (Å²) in [4.78, 5) is 14.9. The Hall–Kier alpha value is -1.49. The van der Waals surface area contributed by atoms with Crippen LogP contribution in [0.15, 0.2) is 23.3 Å². The van der Waals surface area contributed by atoms with Gasteiger partial charge >= 0.3 is 0 Å². The summed E-state index contributed by atoms with van der Waals surface area (Å²) in [5, 5.41) is 2.06. The largest absolute Gasteiger partial charge is 0.354 e. The molecule has 0 amide bonds. The number of nitrogens with zero attached hydrogens (tertiary/aromatic N) is 4. The van der Waals surface area contributed by atoms with Gasteiger partial charge in [0.15, 0.2) is 0 Å². The molecular weight excluding hydrogens is 232 g/mol. The van der Waals surface area contributed by atoms with Crippen molar-refractivity contribution in [3.63, 3.8) is 0 Å². The van der Waals surface area contributed by atoms with Gasteiger partial charge in [-0.3, -0.25) is 0 Å². The van der Waals surface area contributed by atoms with E-state index in [-0.39, 0.29) is 0 Å². The van der Waals surface area contributed by atoms with Crippen LogP contribution >= 0.6 is 11.3 Å². The molecule has 2 aromatic rings. The van der Waals surface area contributed by atoms with Gasteiger partial charge in [0.2, 0.25) is 0 Å². The van der Waals surface area contributed by atoms with Crippen molar-refractivity contribution in [1.82, 2.24) is 15.0 Å². The average molecular weight is 248 g/mol. The van der Waals surface area contributed by atoms with E-state index in [1.807, 2.05) is 18.6 Å². The van der Waals surface area contributed by atoms with Gasteiger partial charge in [-0.15, -0.1) is 11.3 Å². The summed E-state index contributed by atoms with van der Waals surface area (Å²) in [6, 6.07) is 2.04. The highest BCUT2D eigenvalue weighted by atomic mass is 32.1. The molecule has 5 heteroatoms. The number of aromatic nitrogens is 3. The third-order valence-corrected chi connectivity index (χ3v) is 3.17. The van der Waals surface area contributed by atoms with Crippen LogP contribution in [0.25, 0.3) is 0 Å². The van der Waals surface area contributed by atoms with Crippen LogP contribution in [0, 0.1) is 0 Å². The highest BCUT2D eigenvalue weighted by Crippen LogP contribution is 2.17. The molecule has 0 bridgehead atoms. The van der Waals surface area contributed by atoms with Gasteiger partial charge in [0.05, 0.1) is 17.7 Å². The SMILES string of the molecule is CC(C)c1cc(N(C)Cc2cscn2)ncn1. The number of hydrogen-bond acceptors (Lipinski definition) is 5. The van der Waals surface area contributed by atoms with Crippen LogP contribution in [0.2, 0.25) is 0 Å². The minimum absolute atomic E-state index is 0.421. The standard InChI is InChI=1S/C12H16N4S/c1-9(2)11-4-12(14-7-13-11)16(3)5-10-6-17-8-15-10/h4,6-9H,5H2,1-3H3. The van der Waals surface area contributed by atoms with Crippen molar-refractivity contribution in [1.29, 1.82) is 0 Å². The lowest BCUT2D eigenvalue weighted by molar-refractivity contribution is 0.800. The molecule has 0 atom stereocenters. The first-order valence-corrected chi connectivity index (χ1v) is 6.51. The highest BCUT2D eigenvalue weighted by molar-refractivity contribution is 7.07. The van der Waals surface area contributed by atoms with Crippen LogP contribution in [-0.2, 0) is 6.54 Å². The molecular formula is C12H16N4S. The van der Waals surface area contributed by atoms with Crippen molar-refractivity contribution in [3.05, 3.63) is 34.7 Å². The Morgan fingerprint density at radius 3 is 2.76 bits per heavy atom. The Kier molecular flexibility index (Phi) is 3.68. The molecule has 0 saturated heterocycles. The van der Waals surface area contributed by atoms with Gasteiger partial charge in [0.1, 0.15) is 12.1 Å². The fraction of sp³-hybridized carbons (Fsp3) is 0.417. The van der Waals surface area contributed by atoms with Crippen LogP contribution in [0.5, 0.6) is 0 Å². The molecule has 0 saturated carbocycles. The molecule has 0 aliphatic carbocycles. The lowest BCUT2D eigenvalue weighted by Crippen LogP contribution is -2.18. The normalized spacial score (nSPS) is 10.8. The van der Waals surface area contributed by atoms with Crippen molar-refractivity contribution >= 4 is 17.2 Å². The first kappa shape index (κ1) is 12.0. The predicted molar refractivity (Wildman–Crippen MR) is 70.3 cm³/mol. The topological polar surface area (TPSA) is 41.9 Å². The minimum Gasteiger partial charge on any atom is -0.354 e. The van der Waals surface area contributed by atoms with E-state index in [1.54, 1.807) is 17.7 Å². The molecule has 0 unspecified atom stereocenters. The molecule has 90 valence electrons. The maximum Gasteiger partial charge on any atom is 0.132 e. The molecule has 0 fully saturated rings. The smallest absolute Gasteiger partial charge is 0.132 e. The fourth-order valence-electron chi connectivity index (χ4n) is 1.53. The third kappa shape index (κ3) is 3.00. The van der Waals surface area contributed by atoms with Crippen LogP contribution < -0.4 is 4.90 Å². The Morgan fingerprint density at radius 2 is 2.12 bits per heavy atom. The summed E-state index contributed by atoms with van der Waals surface area (Å²) in [5.41, 5.74) is 3.99. The van der Waals surface area contributed by atoms with Crippen LogP contribution in [0.4, 0.5) is 5.82 Å². The fourth-order valence-corrected chi connectivity index (χ4v) is 2.08. The average Bonchev–Trinajstić information content (AvgIpc) is 2.82. The molecule has 17 heavy (non-hydrogen) atoms. The van der Waals surface area contributed by atoms with Crippen LogP contribution in [0.3, 0.4) is 0 Å². The Labute approximate surface area is 105 Å². The van der Waals surface area contributed by atoms with Gasteiger partial charge in [-0.25, -0.2) is 15.0 Å². The van der Waals surface area contributed by atoms with Crippen molar-refractivity contribution in [3.8, 4) is 0 Å². The van der Waals surface area contributed by atoms with Gasteiger partial charge < -0.3 is 4.90 Å². The molecule has 0 radical (unpaired) electrons. The molecule has 2 rings (SSSR count). The first-order chi connectivity index (χ1) is 8.16. The van der Waals surface area contributed by atoms with E-state index >= 15 is 0 Å². The minimum atomic E-state index is 0.421. The summed E-state index contributed by atoms with van der Waals surface area (Å²) < 4.78 is 0. The van der Waals surface area contributed by atoms with E-state index in [0.717, 1.165) is 23.8 Å². The van der Waals surface area contributed by atoms with Crippen LogP contribution in [-0.4, -0.2) is 22.0 Å². The monoisotopic (exact) mass is 248 g/mol. The van der Waals surface area contributed by atoms with E-state index in [2.05, 4.69) is 39.1 Å². The van der Waals surface area contributed by atoms with Gasteiger partial charge in [-0.1, -0.05) is 13.8 Å². The quantitative estimate of drug-likeness (QED) is 0.834. The zero-order chi connectivity index (χ0) is 12.3. The molecule has 0 N–H and O–H groups in total. The molecule has 0 aromatic carbocycles. The maximum atomic E-state index is 4.29. The van der Waals surface area contributed by atoms with Crippen molar-refractivity contribution in [2.24, 2.45) is 0 Å². The zero-order valence-corrected chi connectivity index (χ0v) is 11.1. The summed E-state index contributed by atoms with van der Waals surface area (Å²) in [6.07, 6.45) is 1.63. The van der Waals surface area contributed by atoms with E-state index in [9.17, 15) is 0 Å². The summed E-state index contributed by atoms with van der Waals surface area (Å²) in [7, 11) is 2.02.